The third-order valence-corrected chi connectivity index (χ3v) is 5.79. The molecule has 3 atom stereocenters. The maximum Gasteiger partial charge on any atom is 0.228 e. The minimum absolute atomic E-state index is 0.0912. The van der Waals surface area contributed by atoms with E-state index in [-0.39, 0.29) is 17.7 Å². The predicted octanol–water partition coefficient (Wildman–Crippen LogP) is 2.05. The molecule has 2 amide bonds. The molecule has 0 aromatic heterocycles. The molecule has 128 valence electrons. The van der Waals surface area contributed by atoms with Crippen LogP contribution in [0, 0.1) is 11.8 Å². The van der Waals surface area contributed by atoms with Gasteiger partial charge in [0.2, 0.25) is 11.8 Å². The van der Waals surface area contributed by atoms with Crippen molar-refractivity contribution >= 4 is 11.8 Å². The summed E-state index contributed by atoms with van der Waals surface area (Å²) in [7, 11) is 1.64. The van der Waals surface area contributed by atoms with Gasteiger partial charge < -0.3 is 14.5 Å². The summed E-state index contributed by atoms with van der Waals surface area (Å²) in [5.74, 6) is 1.64. The van der Waals surface area contributed by atoms with E-state index >= 15 is 0 Å². The van der Waals surface area contributed by atoms with Gasteiger partial charge in [0.25, 0.3) is 0 Å². The lowest BCUT2D eigenvalue weighted by molar-refractivity contribution is -0.137. The zero-order valence-electron chi connectivity index (χ0n) is 14.1. The molecule has 1 aliphatic carbocycles. The van der Waals surface area contributed by atoms with Crippen molar-refractivity contribution in [3.05, 3.63) is 29.8 Å². The van der Waals surface area contributed by atoms with Crippen molar-refractivity contribution in [3.8, 4) is 5.75 Å². The van der Waals surface area contributed by atoms with Crippen molar-refractivity contribution in [1.29, 1.82) is 0 Å². The van der Waals surface area contributed by atoms with Gasteiger partial charge in [-0.2, -0.15) is 0 Å². The molecule has 1 saturated carbocycles. The van der Waals surface area contributed by atoms with E-state index in [1.807, 2.05) is 29.2 Å². The number of methoxy groups -OCH3 is 1. The zero-order chi connectivity index (χ0) is 16.7. The second kappa shape index (κ2) is 6.11. The van der Waals surface area contributed by atoms with Crippen LogP contribution in [0.5, 0.6) is 5.75 Å². The smallest absolute Gasteiger partial charge is 0.228 e. The molecule has 5 nitrogen and oxygen atoms in total. The highest BCUT2D eigenvalue weighted by molar-refractivity contribution is 5.89. The van der Waals surface area contributed by atoms with Crippen LogP contribution in [0.2, 0.25) is 0 Å². The number of amides is 2. The largest absolute Gasteiger partial charge is 0.497 e. The molecule has 0 spiro atoms. The van der Waals surface area contributed by atoms with Crippen LogP contribution in [-0.2, 0) is 16.1 Å². The van der Waals surface area contributed by atoms with Crippen LogP contribution in [-0.4, -0.2) is 47.9 Å². The second-order valence-corrected chi connectivity index (χ2v) is 7.35. The summed E-state index contributed by atoms with van der Waals surface area (Å²) in [5, 5.41) is 0. The van der Waals surface area contributed by atoms with Gasteiger partial charge in [0.1, 0.15) is 5.75 Å². The summed E-state index contributed by atoms with van der Waals surface area (Å²) in [4.78, 5) is 29.0. The number of piperidine rings is 1. The molecule has 2 aliphatic heterocycles. The van der Waals surface area contributed by atoms with Gasteiger partial charge in [-0.15, -0.1) is 0 Å². The van der Waals surface area contributed by atoms with Crippen LogP contribution < -0.4 is 4.74 Å². The minimum atomic E-state index is -0.157. The van der Waals surface area contributed by atoms with Crippen molar-refractivity contribution < 1.29 is 14.3 Å². The van der Waals surface area contributed by atoms with E-state index < -0.39 is 0 Å². The van der Waals surface area contributed by atoms with Gasteiger partial charge in [-0.25, -0.2) is 0 Å². The number of hydrogen-bond acceptors (Lipinski definition) is 3. The molecule has 1 aromatic carbocycles. The number of rotatable bonds is 4. The van der Waals surface area contributed by atoms with Crippen molar-refractivity contribution in [3.63, 3.8) is 0 Å². The first-order chi connectivity index (χ1) is 11.6. The highest BCUT2D eigenvalue weighted by atomic mass is 16.5. The van der Waals surface area contributed by atoms with Gasteiger partial charge in [-0.3, -0.25) is 9.59 Å². The fourth-order valence-electron chi connectivity index (χ4n) is 4.47. The van der Waals surface area contributed by atoms with Crippen LogP contribution in [0.15, 0.2) is 24.3 Å². The first-order valence-electron chi connectivity index (χ1n) is 8.85. The lowest BCUT2D eigenvalue weighted by Crippen LogP contribution is -2.42. The van der Waals surface area contributed by atoms with Gasteiger partial charge in [-0.05, 0) is 42.9 Å². The molecule has 0 radical (unpaired) electrons. The highest BCUT2D eigenvalue weighted by Crippen LogP contribution is 2.39. The fourth-order valence-corrected chi connectivity index (χ4v) is 4.47. The average Bonchev–Trinajstić information content (AvgIpc) is 3.31. The van der Waals surface area contributed by atoms with E-state index in [1.165, 1.54) is 12.8 Å². The van der Waals surface area contributed by atoms with Gasteiger partial charge in [0.15, 0.2) is 0 Å². The average molecular weight is 328 g/mol. The highest BCUT2D eigenvalue weighted by Gasteiger charge is 2.44. The third-order valence-electron chi connectivity index (χ3n) is 5.79. The molecule has 0 unspecified atom stereocenters. The van der Waals surface area contributed by atoms with Crippen LogP contribution in [0.4, 0.5) is 0 Å². The van der Waals surface area contributed by atoms with Crippen molar-refractivity contribution in [1.82, 2.24) is 9.80 Å². The van der Waals surface area contributed by atoms with E-state index in [0.29, 0.717) is 31.5 Å². The molecule has 2 saturated heterocycles. The minimum Gasteiger partial charge on any atom is -0.497 e. The number of ether oxygens (including phenoxy) is 1. The van der Waals surface area contributed by atoms with Crippen LogP contribution in [0.1, 0.15) is 31.2 Å². The summed E-state index contributed by atoms with van der Waals surface area (Å²) in [5.41, 5.74) is 1.07. The first-order valence-corrected chi connectivity index (χ1v) is 8.85. The Balaban J connectivity index is 1.38. The molecule has 24 heavy (non-hydrogen) atoms. The molecule has 5 heteroatoms. The van der Waals surface area contributed by atoms with E-state index in [2.05, 4.69) is 4.90 Å². The molecule has 3 fully saturated rings. The summed E-state index contributed by atoms with van der Waals surface area (Å²) in [6, 6.07) is 8.19. The van der Waals surface area contributed by atoms with Crippen molar-refractivity contribution in [2.24, 2.45) is 11.8 Å². The summed E-state index contributed by atoms with van der Waals surface area (Å²) in [6.45, 7) is 2.03. The maximum absolute atomic E-state index is 12.8. The number of hydrogen-bond donors (Lipinski definition) is 0. The summed E-state index contributed by atoms with van der Waals surface area (Å²) >= 11 is 0. The Morgan fingerprint density at radius 3 is 2.62 bits per heavy atom. The zero-order valence-corrected chi connectivity index (χ0v) is 14.1. The van der Waals surface area contributed by atoms with Crippen LogP contribution >= 0.6 is 0 Å². The Bertz CT molecular complexity index is 643. The lowest BCUT2D eigenvalue weighted by Gasteiger charge is -2.29. The fraction of sp³-hybridized carbons (Fsp3) is 0.579. The SMILES string of the molecule is COc1ccc(CN2C[C@@H](C(=O)N3C[C@H]4CC[C@H]3C4)CC2=O)cc1. The Labute approximate surface area is 142 Å². The molecule has 0 N–H and O–H groups in total. The predicted molar refractivity (Wildman–Crippen MR) is 89.4 cm³/mol. The summed E-state index contributed by atoms with van der Waals surface area (Å²) in [6.07, 6.45) is 3.94. The van der Waals surface area contributed by atoms with Crippen LogP contribution in [0.3, 0.4) is 0 Å². The van der Waals surface area contributed by atoms with Gasteiger partial charge in [0.05, 0.1) is 13.0 Å². The number of nitrogens with zero attached hydrogens (tertiary/aromatic N) is 2. The Morgan fingerprint density at radius 2 is 2.00 bits per heavy atom. The quantitative estimate of drug-likeness (QED) is 0.850. The molecule has 4 rings (SSSR count). The first kappa shape index (κ1) is 15.5. The maximum atomic E-state index is 12.8. The molecular weight excluding hydrogens is 304 g/mol. The van der Waals surface area contributed by atoms with Gasteiger partial charge in [-0.1, -0.05) is 12.1 Å². The molecule has 3 aliphatic rings. The molecule has 2 bridgehead atoms. The van der Waals surface area contributed by atoms with Crippen LogP contribution in [0.25, 0.3) is 0 Å². The topological polar surface area (TPSA) is 49.9 Å². The Hall–Kier alpha value is -2.04. The number of fused-ring (bicyclic) bond motifs is 2. The van der Waals surface area contributed by atoms with Gasteiger partial charge in [0, 0.05) is 32.1 Å². The molecular formula is C19H24N2O3. The lowest BCUT2D eigenvalue weighted by atomic mass is 10.0. The van der Waals surface area contributed by atoms with E-state index in [1.54, 1.807) is 7.11 Å². The Kier molecular flexibility index (Phi) is 3.94. The number of likely N-dealkylation sites (tertiary alicyclic amines) is 2. The van der Waals surface area contributed by atoms with E-state index in [9.17, 15) is 9.59 Å². The van der Waals surface area contributed by atoms with E-state index in [4.69, 9.17) is 4.74 Å². The van der Waals surface area contributed by atoms with Gasteiger partial charge >= 0.3 is 0 Å². The third kappa shape index (κ3) is 2.76. The summed E-state index contributed by atoms with van der Waals surface area (Å²) < 4.78 is 5.16. The normalized spacial score (nSPS) is 28.7. The second-order valence-electron chi connectivity index (χ2n) is 7.35. The standard InChI is InChI=1S/C19H24N2O3/c1-24-17-6-3-13(4-7-17)10-20-12-15(9-18(20)22)19(23)21-11-14-2-5-16(21)8-14/h3-4,6-7,14-16H,2,5,8-12H2,1H3/t14-,15-,16-/m0/s1. The number of carbonyl (C=O) groups is 2. The Morgan fingerprint density at radius 1 is 1.21 bits per heavy atom. The monoisotopic (exact) mass is 328 g/mol. The van der Waals surface area contributed by atoms with E-state index in [0.717, 1.165) is 24.3 Å². The molecule has 2 heterocycles. The molecule has 1 aromatic rings. The van der Waals surface area contributed by atoms with Crippen molar-refractivity contribution in [2.75, 3.05) is 20.2 Å². The number of carbonyl (C=O) groups excluding carboxylic acids is 2. The van der Waals surface area contributed by atoms with Crippen molar-refractivity contribution in [2.45, 2.75) is 38.3 Å². The number of benzene rings is 1.